The van der Waals surface area contributed by atoms with Crippen LogP contribution in [0.2, 0.25) is 0 Å². The number of aliphatic hydroxyl groups is 1. The summed E-state index contributed by atoms with van der Waals surface area (Å²) in [5.74, 6) is -1.74. The quantitative estimate of drug-likeness (QED) is 0.577. The van der Waals surface area contributed by atoms with E-state index in [1.54, 1.807) is 17.0 Å². The van der Waals surface area contributed by atoms with Crippen molar-refractivity contribution in [3.8, 4) is 0 Å². The van der Waals surface area contributed by atoms with Crippen molar-refractivity contribution in [1.82, 2.24) is 4.90 Å². The van der Waals surface area contributed by atoms with E-state index in [0.29, 0.717) is 5.56 Å². The molecule has 0 aromatic heterocycles. The first-order valence-electron chi connectivity index (χ1n) is 12.0. The number of hydrogen-bond acceptors (Lipinski definition) is 8. The Bertz CT molecular complexity index is 1660. The number of benzene rings is 2. The molecule has 5 atom stereocenters. The summed E-state index contributed by atoms with van der Waals surface area (Å²) in [4.78, 5) is 20.2. The second-order valence-corrected chi connectivity index (χ2v) is 14.0. The first-order valence-corrected chi connectivity index (χ1v) is 15.8. The van der Waals surface area contributed by atoms with Crippen LogP contribution >= 0.6 is 0 Å². The highest BCUT2D eigenvalue weighted by Gasteiger charge is 2.58. The number of nitrogens with zero attached hydrogens (tertiary/aromatic N) is 3. The van der Waals surface area contributed by atoms with E-state index < -0.39 is 37.6 Å². The third-order valence-corrected chi connectivity index (χ3v) is 9.56. The molecule has 38 heavy (non-hydrogen) atoms. The minimum Gasteiger partial charge on any atom is -0.511 e. The summed E-state index contributed by atoms with van der Waals surface area (Å²) in [7, 11) is -6.72. The van der Waals surface area contributed by atoms with Crippen molar-refractivity contribution in [2.24, 2.45) is 15.3 Å². The van der Waals surface area contributed by atoms with Crippen molar-refractivity contribution >= 4 is 42.9 Å². The number of sulfonamides is 1. The highest BCUT2D eigenvalue weighted by atomic mass is 32.2. The van der Waals surface area contributed by atoms with E-state index in [9.17, 15) is 26.9 Å². The first-order chi connectivity index (χ1) is 17.9. The van der Waals surface area contributed by atoms with Crippen molar-refractivity contribution in [3.05, 3.63) is 65.2 Å². The average molecular weight is 561 g/mol. The Hall–Kier alpha value is -3.29. The van der Waals surface area contributed by atoms with Crippen LogP contribution in [0.4, 0.5) is 15.8 Å². The second-order valence-electron chi connectivity index (χ2n) is 10.0. The molecule has 1 unspecified atom stereocenters. The molecular weight excluding hydrogens is 535 g/mol. The summed E-state index contributed by atoms with van der Waals surface area (Å²) in [6.07, 6.45) is 3.35. The fourth-order valence-electron chi connectivity index (χ4n) is 5.75. The van der Waals surface area contributed by atoms with Crippen LogP contribution in [0.3, 0.4) is 0 Å². The number of hydrogen-bond donors (Lipinski definition) is 2. The number of ether oxygens (including phenoxy) is 1. The molecule has 13 heteroatoms. The molecule has 2 aromatic rings. The molecule has 10 nitrogen and oxygen atoms in total. The van der Waals surface area contributed by atoms with Crippen LogP contribution in [0.15, 0.2) is 68.0 Å². The summed E-state index contributed by atoms with van der Waals surface area (Å²) >= 11 is 0. The highest BCUT2D eigenvalue weighted by Crippen LogP contribution is 2.49. The van der Waals surface area contributed by atoms with Crippen LogP contribution in [-0.4, -0.2) is 65.1 Å². The van der Waals surface area contributed by atoms with Gasteiger partial charge in [0, 0.05) is 18.5 Å². The predicted octanol–water partition coefficient (Wildman–Crippen LogP) is 3.10. The van der Waals surface area contributed by atoms with Crippen molar-refractivity contribution < 1.29 is 31.7 Å². The monoisotopic (exact) mass is 560 g/mol. The number of anilines is 1. The van der Waals surface area contributed by atoms with Crippen LogP contribution < -0.4 is 4.72 Å². The van der Waals surface area contributed by atoms with Crippen LogP contribution in [0.5, 0.6) is 0 Å². The highest BCUT2D eigenvalue weighted by molar-refractivity contribution is 7.93. The van der Waals surface area contributed by atoms with Gasteiger partial charge in [0.1, 0.15) is 17.1 Å². The zero-order valence-electron chi connectivity index (χ0n) is 20.5. The Balaban J connectivity index is 1.44. The van der Waals surface area contributed by atoms with Crippen LogP contribution in [0.1, 0.15) is 18.4 Å². The van der Waals surface area contributed by atoms with E-state index in [0.717, 1.165) is 19.1 Å². The Kier molecular flexibility index (Phi) is 5.67. The maximum atomic E-state index is 13.9. The summed E-state index contributed by atoms with van der Waals surface area (Å²) < 4.78 is 63.2. The van der Waals surface area contributed by atoms with Gasteiger partial charge in [-0.1, -0.05) is 12.1 Å². The number of aliphatic imine (C=N–C) groups is 1. The molecule has 4 heterocycles. The number of rotatable bonds is 5. The standard InChI is InChI=1S/C25H25FN4O6S2/c1-37(33)19-11-15(28-38(2,34)35)7-8-16(19)27-24(29-37)21-23(31)20-17-9-10-18(36-17)22(20)30(25(21)32)12-13-3-5-14(26)6-4-13/h3-8,11,17-18,20,22,28,31H,9-10,12H2,1-2H3/t17-,18+,20-,22+,37?/m1/s1. The number of halogens is 1. The second kappa shape index (κ2) is 8.61. The fraction of sp³-hybridized carbons (Fsp3) is 0.360. The van der Waals surface area contributed by atoms with E-state index in [1.165, 1.54) is 36.6 Å². The number of aliphatic hydroxyl groups excluding tert-OH is 1. The van der Waals surface area contributed by atoms with E-state index >= 15 is 0 Å². The number of nitrogens with one attached hydrogen (secondary N) is 1. The predicted molar refractivity (Wildman–Crippen MR) is 139 cm³/mol. The third-order valence-electron chi connectivity index (χ3n) is 7.29. The molecule has 0 radical (unpaired) electrons. The lowest BCUT2D eigenvalue weighted by atomic mass is 9.78. The zero-order valence-corrected chi connectivity index (χ0v) is 22.1. The van der Waals surface area contributed by atoms with Gasteiger partial charge in [0.25, 0.3) is 5.91 Å². The average Bonchev–Trinajstić information content (AvgIpc) is 3.45. The van der Waals surface area contributed by atoms with E-state index in [-0.39, 0.29) is 58.0 Å². The Labute approximate surface area is 219 Å². The molecule has 4 aliphatic heterocycles. The van der Waals surface area contributed by atoms with E-state index in [2.05, 4.69) is 14.1 Å². The zero-order chi connectivity index (χ0) is 27.0. The van der Waals surface area contributed by atoms with E-state index in [1.807, 2.05) is 0 Å². The van der Waals surface area contributed by atoms with Gasteiger partial charge in [-0.25, -0.2) is 22.0 Å². The van der Waals surface area contributed by atoms with Gasteiger partial charge in [-0.2, -0.15) is 4.36 Å². The first kappa shape index (κ1) is 25.0. The molecule has 2 N–H and O–H groups in total. The molecule has 2 fully saturated rings. The van der Waals surface area contributed by atoms with Gasteiger partial charge in [-0.05, 0) is 48.7 Å². The van der Waals surface area contributed by atoms with Gasteiger partial charge in [-0.15, -0.1) is 0 Å². The van der Waals surface area contributed by atoms with Crippen LogP contribution in [0, 0.1) is 11.7 Å². The molecule has 0 spiro atoms. The van der Waals surface area contributed by atoms with E-state index in [4.69, 9.17) is 4.74 Å². The lowest BCUT2D eigenvalue weighted by molar-refractivity contribution is -0.133. The Morgan fingerprint density at radius 2 is 1.89 bits per heavy atom. The SMILES string of the molecule is CS(=O)(=O)Nc1ccc2c(c1)S(C)(=O)=NC(C1=C(O)[C@H]3[C@H]([C@@H]4CC[C@H]3O4)N(Cc3ccc(F)cc3)C1=O)=N2. The smallest absolute Gasteiger partial charge is 0.261 e. The van der Waals surface area contributed by atoms with Crippen molar-refractivity contribution in [1.29, 1.82) is 0 Å². The Morgan fingerprint density at radius 3 is 2.61 bits per heavy atom. The summed E-state index contributed by atoms with van der Waals surface area (Å²) in [6.45, 7) is 0.162. The number of amides is 1. The molecule has 4 aliphatic rings. The van der Waals surface area contributed by atoms with Gasteiger partial charge in [0.2, 0.25) is 10.0 Å². The van der Waals surface area contributed by atoms with Crippen LogP contribution in [-0.2, 0) is 35.8 Å². The number of carbonyl (C=O) groups excluding carboxylic acids is 1. The fourth-order valence-corrected chi connectivity index (χ4v) is 7.72. The summed E-state index contributed by atoms with van der Waals surface area (Å²) in [6, 6.07) is 9.81. The third kappa shape index (κ3) is 4.18. The molecule has 6 rings (SSSR count). The molecule has 1 amide bonds. The maximum Gasteiger partial charge on any atom is 0.261 e. The maximum absolute atomic E-state index is 13.9. The largest absolute Gasteiger partial charge is 0.511 e. The lowest BCUT2D eigenvalue weighted by Crippen LogP contribution is -2.55. The summed E-state index contributed by atoms with van der Waals surface area (Å²) in [5, 5.41) is 11.4. The topological polar surface area (TPSA) is 138 Å². The van der Waals surface area contributed by atoms with Crippen molar-refractivity contribution in [3.63, 3.8) is 0 Å². The molecule has 0 saturated carbocycles. The van der Waals surface area contributed by atoms with Crippen LogP contribution in [0.25, 0.3) is 0 Å². The van der Waals surface area contributed by atoms with Gasteiger partial charge in [0.05, 0.1) is 50.7 Å². The minimum absolute atomic E-state index is 0.136. The number of fused-ring (bicyclic) bond motifs is 6. The van der Waals surface area contributed by atoms with Crippen molar-refractivity contribution in [2.75, 3.05) is 17.2 Å². The number of amidine groups is 1. The lowest BCUT2D eigenvalue weighted by Gasteiger charge is -2.41. The van der Waals surface area contributed by atoms with Gasteiger partial charge in [-0.3, -0.25) is 9.52 Å². The number of carbonyl (C=O) groups is 1. The van der Waals surface area contributed by atoms with Gasteiger partial charge >= 0.3 is 0 Å². The molecule has 200 valence electrons. The Morgan fingerprint density at radius 1 is 1.18 bits per heavy atom. The molecule has 2 saturated heterocycles. The summed E-state index contributed by atoms with van der Waals surface area (Å²) in [5.41, 5.74) is 1.03. The molecular formula is C25H25FN4O6S2. The minimum atomic E-state index is -3.56. The van der Waals surface area contributed by atoms with Crippen molar-refractivity contribution in [2.45, 2.75) is 42.5 Å². The molecule has 0 aliphatic carbocycles. The molecule has 2 aromatic carbocycles. The van der Waals surface area contributed by atoms with Gasteiger partial charge in [0.15, 0.2) is 5.84 Å². The van der Waals surface area contributed by atoms with Gasteiger partial charge < -0.3 is 14.7 Å². The normalized spacial score (nSPS) is 30.0. The molecule has 2 bridgehead atoms.